The van der Waals surface area contributed by atoms with Crippen molar-refractivity contribution in [1.82, 2.24) is 0 Å². The van der Waals surface area contributed by atoms with Gasteiger partial charge in [0, 0.05) is 6.07 Å². The van der Waals surface area contributed by atoms with E-state index >= 15 is 0 Å². The van der Waals surface area contributed by atoms with E-state index in [1.165, 1.54) is 6.08 Å². The summed E-state index contributed by atoms with van der Waals surface area (Å²) >= 11 is 0. The highest BCUT2D eigenvalue weighted by Gasteiger charge is 2.45. The Kier molecular flexibility index (Phi) is 4.97. The van der Waals surface area contributed by atoms with Crippen molar-refractivity contribution < 1.29 is 19.7 Å². The number of benzene rings is 2. The normalized spacial score (nSPS) is 10.6. The molecule has 0 amide bonds. The molecule has 0 fully saturated rings. The minimum Gasteiger partial charge on any atom is -0.258 e. The summed E-state index contributed by atoms with van der Waals surface area (Å²) in [6.07, 6.45) is 2.39. The SMILES string of the molecule is O=[N+]([O-])c1cc(C=Cc2ccccc2)c([N+](=O)[O-])c([N+](=O)[O-])c1[N+](=O)[O-]. The molecule has 0 unspecified atom stereocenters. The summed E-state index contributed by atoms with van der Waals surface area (Å²) in [4.78, 5) is 39.5. The van der Waals surface area contributed by atoms with Gasteiger partial charge >= 0.3 is 22.7 Å². The van der Waals surface area contributed by atoms with Crippen molar-refractivity contribution in [2.24, 2.45) is 0 Å². The Morgan fingerprint density at radius 3 is 1.65 bits per heavy atom. The van der Waals surface area contributed by atoms with Gasteiger partial charge in [-0.1, -0.05) is 36.4 Å². The van der Waals surface area contributed by atoms with E-state index in [1.807, 2.05) is 0 Å². The van der Waals surface area contributed by atoms with Crippen molar-refractivity contribution in [3.05, 3.63) is 88.0 Å². The molecule has 132 valence electrons. The van der Waals surface area contributed by atoms with Crippen molar-refractivity contribution >= 4 is 34.9 Å². The largest absolute Gasteiger partial charge is 0.430 e. The Bertz CT molecular complexity index is 955. The average Bonchev–Trinajstić information content (AvgIpc) is 2.58. The van der Waals surface area contributed by atoms with Gasteiger partial charge in [-0.2, -0.15) is 0 Å². The second-order valence-electron chi connectivity index (χ2n) is 4.80. The molecule has 0 bridgehead atoms. The van der Waals surface area contributed by atoms with Crippen molar-refractivity contribution in [3.63, 3.8) is 0 Å². The summed E-state index contributed by atoms with van der Waals surface area (Å²) in [7, 11) is 0. The molecular formula is C14H8N4O8. The maximum absolute atomic E-state index is 11.3. The Hall–Kier alpha value is -4.22. The molecule has 0 atom stereocenters. The van der Waals surface area contributed by atoms with Gasteiger partial charge in [-0.25, -0.2) is 0 Å². The highest BCUT2D eigenvalue weighted by atomic mass is 16.7. The number of nitrogens with zero attached hydrogens (tertiary/aromatic N) is 4. The van der Waals surface area contributed by atoms with Crippen molar-refractivity contribution in [2.45, 2.75) is 0 Å². The standard InChI is InChI=1S/C14H8N4O8/c19-15(20)11-8-10(7-6-9-4-2-1-3-5-9)12(16(21)22)14(18(25)26)13(11)17(23)24/h1-8H. The highest BCUT2D eigenvalue weighted by molar-refractivity contribution is 5.85. The minimum atomic E-state index is -1.54. The zero-order valence-corrected chi connectivity index (χ0v) is 12.7. The molecule has 2 aromatic rings. The van der Waals surface area contributed by atoms with Crippen LogP contribution < -0.4 is 0 Å². The molecule has 0 heterocycles. The fraction of sp³-hybridized carbons (Fsp3) is 0. The van der Waals surface area contributed by atoms with Gasteiger partial charge in [0.2, 0.25) is 0 Å². The lowest BCUT2D eigenvalue weighted by Crippen LogP contribution is -2.06. The van der Waals surface area contributed by atoms with Gasteiger partial charge in [0.25, 0.3) is 0 Å². The third kappa shape index (κ3) is 3.48. The third-order valence-electron chi connectivity index (χ3n) is 3.26. The van der Waals surface area contributed by atoms with E-state index in [9.17, 15) is 40.5 Å². The van der Waals surface area contributed by atoms with Crippen LogP contribution in [0.1, 0.15) is 11.1 Å². The zero-order valence-electron chi connectivity index (χ0n) is 12.7. The van der Waals surface area contributed by atoms with E-state index < -0.39 is 48.0 Å². The topological polar surface area (TPSA) is 173 Å². The van der Waals surface area contributed by atoms with Gasteiger partial charge in [0.1, 0.15) is 0 Å². The predicted octanol–water partition coefficient (Wildman–Crippen LogP) is 3.49. The molecule has 0 radical (unpaired) electrons. The summed E-state index contributed by atoms with van der Waals surface area (Å²) in [6.45, 7) is 0. The molecule has 12 heteroatoms. The summed E-state index contributed by atoms with van der Waals surface area (Å²) < 4.78 is 0. The van der Waals surface area contributed by atoms with Crippen molar-refractivity contribution in [3.8, 4) is 0 Å². The van der Waals surface area contributed by atoms with Crippen LogP contribution in [0.3, 0.4) is 0 Å². The van der Waals surface area contributed by atoms with Crippen LogP contribution in [0.5, 0.6) is 0 Å². The summed E-state index contributed by atoms with van der Waals surface area (Å²) in [6, 6.07) is 8.85. The smallest absolute Gasteiger partial charge is 0.258 e. The van der Waals surface area contributed by atoms with E-state index in [-0.39, 0.29) is 0 Å². The van der Waals surface area contributed by atoms with Gasteiger partial charge in [0.05, 0.1) is 25.3 Å². The average molecular weight is 360 g/mol. The molecule has 0 aliphatic carbocycles. The number of rotatable bonds is 6. The molecule has 0 aliphatic rings. The lowest BCUT2D eigenvalue weighted by atomic mass is 10.1. The molecule has 0 N–H and O–H groups in total. The maximum atomic E-state index is 11.3. The lowest BCUT2D eigenvalue weighted by Gasteiger charge is -2.02. The first kappa shape index (κ1) is 18.1. The fourth-order valence-electron chi connectivity index (χ4n) is 2.22. The Morgan fingerprint density at radius 1 is 0.654 bits per heavy atom. The first-order valence-electron chi connectivity index (χ1n) is 6.75. The predicted molar refractivity (Wildman–Crippen MR) is 88.4 cm³/mol. The second-order valence-corrected chi connectivity index (χ2v) is 4.80. The lowest BCUT2D eigenvalue weighted by molar-refractivity contribution is -0.451. The zero-order chi connectivity index (χ0) is 19.4. The van der Waals surface area contributed by atoms with E-state index in [1.54, 1.807) is 30.3 Å². The molecule has 0 aliphatic heterocycles. The molecule has 0 aromatic heterocycles. The molecule has 0 saturated heterocycles. The van der Waals surface area contributed by atoms with Crippen LogP contribution in [-0.4, -0.2) is 19.7 Å². The molecule has 26 heavy (non-hydrogen) atoms. The fourth-order valence-corrected chi connectivity index (χ4v) is 2.22. The van der Waals surface area contributed by atoms with Crippen LogP contribution in [0, 0.1) is 40.5 Å². The van der Waals surface area contributed by atoms with Gasteiger partial charge in [-0.3, -0.25) is 40.5 Å². The monoisotopic (exact) mass is 360 g/mol. The van der Waals surface area contributed by atoms with E-state index in [0.717, 1.165) is 6.08 Å². The number of nitro benzene ring substituents is 4. The molecular weight excluding hydrogens is 352 g/mol. The van der Waals surface area contributed by atoms with E-state index in [4.69, 9.17) is 0 Å². The summed E-state index contributed by atoms with van der Waals surface area (Å²) in [5, 5.41) is 44.7. The van der Waals surface area contributed by atoms with Crippen LogP contribution in [0.4, 0.5) is 22.7 Å². The molecule has 0 saturated carbocycles. The third-order valence-corrected chi connectivity index (χ3v) is 3.26. The molecule has 0 spiro atoms. The van der Waals surface area contributed by atoms with Crippen LogP contribution in [-0.2, 0) is 0 Å². The van der Waals surface area contributed by atoms with E-state index in [0.29, 0.717) is 11.6 Å². The number of hydrogen-bond acceptors (Lipinski definition) is 8. The minimum absolute atomic E-state index is 0.497. The van der Waals surface area contributed by atoms with Crippen molar-refractivity contribution in [2.75, 3.05) is 0 Å². The molecule has 2 rings (SSSR count). The summed E-state index contributed by atoms with van der Waals surface area (Å²) in [5.41, 5.74) is -5.42. The Morgan fingerprint density at radius 2 is 1.19 bits per heavy atom. The maximum Gasteiger partial charge on any atom is 0.430 e. The Balaban J connectivity index is 2.85. The van der Waals surface area contributed by atoms with Crippen molar-refractivity contribution in [1.29, 1.82) is 0 Å². The van der Waals surface area contributed by atoms with Gasteiger partial charge < -0.3 is 0 Å². The second kappa shape index (κ2) is 7.12. The molecule has 2 aromatic carbocycles. The van der Waals surface area contributed by atoms with Gasteiger partial charge in [0.15, 0.2) is 0 Å². The van der Waals surface area contributed by atoms with Crippen LogP contribution >= 0.6 is 0 Å². The summed E-state index contributed by atoms with van der Waals surface area (Å²) in [5.74, 6) is 0. The quantitative estimate of drug-likeness (QED) is 0.427. The molecule has 12 nitrogen and oxygen atoms in total. The van der Waals surface area contributed by atoms with Crippen LogP contribution in [0.15, 0.2) is 36.4 Å². The van der Waals surface area contributed by atoms with Crippen LogP contribution in [0.25, 0.3) is 12.2 Å². The Labute approximate surface area is 143 Å². The van der Waals surface area contributed by atoms with Gasteiger partial charge in [-0.05, 0) is 11.6 Å². The van der Waals surface area contributed by atoms with Crippen LogP contribution in [0.2, 0.25) is 0 Å². The first-order valence-corrected chi connectivity index (χ1v) is 6.75. The number of nitro groups is 4. The highest BCUT2D eigenvalue weighted by Crippen LogP contribution is 2.45. The van der Waals surface area contributed by atoms with Gasteiger partial charge in [-0.15, -0.1) is 0 Å². The first-order chi connectivity index (χ1) is 12.2. The van der Waals surface area contributed by atoms with E-state index in [2.05, 4.69) is 0 Å². The number of hydrogen-bond donors (Lipinski definition) is 0.